The van der Waals surface area contributed by atoms with Crippen LogP contribution in [-0.4, -0.2) is 5.78 Å². The van der Waals surface area contributed by atoms with E-state index in [0.29, 0.717) is 23.5 Å². The predicted octanol–water partition coefficient (Wildman–Crippen LogP) is 5.24. The van der Waals surface area contributed by atoms with Crippen molar-refractivity contribution in [1.82, 2.24) is 0 Å². The highest BCUT2D eigenvalue weighted by molar-refractivity contribution is 5.87. The standard InChI is InChI=1S/C21H28O/c1-13(2)14-4-6-16-15(12-14)5-7-18-17(16)10-11-21(3)19(18)8-9-20(21)22/h4,6,12-13,17-19H,5,7-11H2,1-3H3. The first-order valence-corrected chi connectivity index (χ1v) is 9.16. The summed E-state index contributed by atoms with van der Waals surface area (Å²) >= 11 is 0. The van der Waals surface area contributed by atoms with Crippen molar-refractivity contribution in [3.05, 3.63) is 34.9 Å². The molecular formula is C21H28O. The molecule has 3 aliphatic rings. The molecule has 0 bridgehead atoms. The first-order chi connectivity index (χ1) is 10.5. The molecule has 0 amide bonds. The van der Waals surface area contributed by atoms with Gasteiger partial charge in [-0.15, -0.1) is 0 Å². The number of carbonyl (C=O) groups excluding carboxylic acids is 1. The highest BCUT2D eigenvalue weighted by Gasteiger charge is 2.54. The van der Waals surface area contributed by atoms with E-state index in [4.69, 9.17) is 0 Å². The third-order valence-electron chi connectivity index (χ3n) is 7.13. The van der Waals surface area contributed by atoms with Gasteiger partial charge in [0.2, 0.25) is 0 Å². The van der Waals surface area contributed by atoms with Gasteiger partial charge >= 0.3 is 0 Å². The second kappa shape index (κ2) is 4.94. The van der Waals surface area contributed by atoms with Crippen LogP contribution in [0.1, 0.15) is 81.4 Å². The molecule has 4 rings (SSSR count). The number of benzene rings is 1. The van der Waals surface area contributed by atoms with E-state index in [0.717, 1.165) is 25.2 Å². The Morgan fingerprint density at radius 1 is 1.14 bits per heavy atom. The van der Waals surface area contributed by atoms with Crippen LogP contribution in [0, 0.1) is 17.3 Å². The summed E-state index contributed by atoms with van der Waals surface area (Å²) in [5.74, 6) is 3.29. The zero-order valence-electron chi connectivity index (χ0n) is 14.2. The highest BCUT2D eigenvalue weighted by Crippen LogP contribution is 2.59. The average Bonchev–Trinajstić information content (AvgIpc) is 2.82. The van der Waals surface area contributed by atoms with E-state index < -0.39 is 0 Å². The summed E-state index contributed by atoms with van der Waals surface area (Å²) in [7, 11) is 0. The number of aryl methyl sites for hydroxylation is 1. The first kappa shape index (κ1) is 14.5. The van der Waals surface area contributed by atoms with E-state index in [2.05, 4.69) is 39.0 Å². The van der Waals surface area contributed by atoms with Crippen molar-refractivity contribution in [2.45, 2.75) is 71.1 Å². The first-order valence-electron chi connectivity index (χ1n) is 9.16. The van der Waals surface area contributed by atoms with E-state index in [1.54, 1.807) is 11.1 Å². The van der Waals surface area contributed by atoms with Gasteiger partial charge < -0.3 is 0 Å². The molecule has 0 aliphatic heterocycles. The maximum atomic E-state index is 12.4. The van der Waals surface area contributed by atoms with Crippen molar-refractivity contribution in [3.8, 4) is 0 Å². The fourth-order valence-electron chi connectivity index (χ4n) is 5.73. The molecule has 1 aromatic carbocycles. The largest absolute Gasteiger partial charge is 0.299 e. The Bertz CT molecular complexity index is 614. The second-order valence-corrected chi connectivity index (χ2v) is 8.45. The van der Waals surface area contributed by atoms with Crippen molar-refractivity contribution in [1.29, 1.82) is 0 Å². The number of hydrogen-bond donors (Lipinski definition) is 0. The van der Waals surface area contributed by atoms with E-state index in [1.807, 2.05) is 0 Å². The summed E-state index contributed by atoms with van der Waals surface area (Å²) in [6.45, 7) is 6.83. The summed E-state index contributed by atoms with van der Waals surface area (Å²) in [4.78, 5) is 12.4. The molecule has 1 aromatic rings. The lowest BCUT2D eigenvalue weighted by Gasteiger charge is -2.48. The number of fused-ring (bicyclic) bond motifs is 5. The van der Waals surface area contributed by atoms with Gasteiger partial charge in [0, 0.05) is 11.8 Å². The molecule has 0 N–H and O–H groups in total. The predicted molar refractivity (Wildman–Crippen MR) is 90.2 cm³/mol. The third-order valence-corrected chi connectivity index (χ3v) is 7.13. The highest BCUT2D eigenvalue weighted by atomic mass is 16.1. The van der Waals surface area contributed by atoms with Crippen LogP contribution in [0.2, 0.25) is 0 Å². The van der Waals surface area contributed by atoms with Gasteiger partial charge in [0.25, 0.3) is 0 Å². The molecule has 0 radical (unpaired) electrons. The minimum absolute atomic E-state index is 0.0105. The smallest absolute Gasteiger partial charge is 0.139 e. The molecular weight excluding hydrogens is 268 g/mol. The SMILES string of the molecule is CC(C)c1ccc2c(c1)CCC1C2CCC2(C)C(=O)CCC12. The van der Waals surface area contributed by atoms with Crippen LogP contribution < -0.4 is 0 Å². The Balaban J connectivity index is 1.69. The van der Waals surface area contributed by atoms with E-state index >= 15 is 0 Å². The van der Waals surface area contributed by atoms with Crippen LogP contribution in [0.3, 0.4) is 0 Å². The molecule has 4 atom stereocenters. The zero-order chi connectivity index (χ0) is 15.5. The molecule has 0 saturated heterocycles. The van der Waals surface area contributed by atoms with Gasteiger partial charge in [0.05, 0.1) is 0 Å². The fourth-order valence-corrected chi connectivity index (χ4v) is 5.73. The fraction of sp³-hybridized carbons (Fsp3) is 0.667. The zero-order valence-corrected chi connectivity index (χ0v) is 14.2. The summed E-state index contributed by atoms with van der Waals surface area (Å²) in [6, 6.07) is 7.23. The molecule has 1 nitrogen and oxygen atoms in total. The van der Waals surface area contributed by atoms with Crippen LogP contribution in [0.15, 0.2) is 18.2 Å². The summed E-state index contributed by atoms with van der Waals surface area (Å²) in [5.41, 5.74) is 4.70. The molecule has 22 heavy (non-hydrogen) atoms. The summed E-state index contributed by atoms with van der Waals surface area (Å²) in [5, 5.41) is 0. The molecule has 2 fully saturated rings. The Labute approximate surface area is 134 Å². The van der Waals surface area contributed by atoms with Gasteiger partial charge in [-0.05, 0) is 72.5 Å². The molecule has 118 valence electrons. The van der Waals surface area contributed by atoms with Gasteiger partial charge in [-0.1, -0.05) is 39.0 Å². The summed E-state index contributed by atoms with van der Waals surface area (Å²) in [6.07, 6.45) is 6.84. The molecule has 0 aromatic heterocycles. The van der Waals surface area contributed by atoms with Gasteiger partial charge in [-0.3, -0.25) is 4.79 Å². The van der Waals surface area contributed by atoms with Gasteiger partial charge in [0.1, 0.15) is 5.78 Å². The lowest BCUT2D eigenvalue weighted by Crippen LogP contribution is -2.42. The van der Waals surface area contributed by atoms with Crippen molar-refractivity contribution < 1.29 is 4.79 Å². The maximum absolute atomic E-state index is 12.4. The van der Waals surface area contributed by atoms with E-state index in [-0.39, 0.29) is 5.41 Å². The minimum atomic E-state index is 0.0105. The lowest BCUT2D eigenvalue weighted by atomic mass is 9.55. The number of Topliss-reactive ketones (excluding diaryl/α,β-unsaturated/α-hetero) is 1. The number of ketones is 1. The van der Waals surface area contributed by atoms with E-state index in [9.17, 15) is 4.79 Å². The van der Waals surface area contributed by atoms with Crippen LogP contribution >= 0.6 is 0 Å². The minimum Gasteiger partial charge on any atom is -0.299 e. The van der Waals surface area contributed by atoms with Gasteiger partial charge in [0.15, 0.2) is 0 Å². The normalized spacial score (nSPS) is 36.9. The number of hydrogen-bond acceptors (Lipinski definition) is 1. The summed E-state index contributed by atoms with van der Waals surface area (Å²) < 4.78 is 0. The quantitative estimate of drug-likeness (QED) is 0.693. The Morgan fingerprint density at radius 2 is 1.95 bits per heavy atom. The van der Waals surface area contributed by atoms with Gasteiger partial charge in [-0.25, -0.2) is 0 Å². The Hall–Kier alpha value is -1.11. The molecule has 4 unspecified atom stereocenters. The Morgan fingerprint density at radius 3 is 2.73 bits per heavy atom. The van der Waals surface area contributed by atoms with E-state index in [1.165, 1.54) is 24.8 Å². The molecule has 0 heterocycles. The van der Waals surface area contributed by atoms with Crippen LogP contribution in [-0.2, 0) is 11.2 Å². The van der Waals surface area contributed by atoms with Gasteiger partial charge in [-0.2, -0.15) is 0 Å². The number of rotatable bonds is 1. The average molecular weight is 296 g/mol. The Kier molecular flexibility index (Phi) is 3.25. The maximum Gasteiger partial charge on any atom is 0.139 e. The molecule has 2 saturated carbocycles. The molecule has 1 heteroatoms. The third kappa shape index (κ3) is 1.94. The second-order valence-electron chi connectivity index (χ2n) is 8.45. The number of carbonyl (C=O) groups is 1. The van der Waals surface area contributed by atoms with Crippen molar-refractivity contribution >= 4 is 5.78 Å². The monoisotopic (exact) mass is 296 g/mol. The van der Waals surface area contributed by atoms with Crippen molar-refractivity contribution in [2.24, 2.45) is 17.3 Å². The molecule has 0 spiro atoms. The van der Waals surface area contributed by atoms with Crippen LogP contribution in [0.5, 0.6) is 0 Å². The molecule has 3 aliphatic carbocycles. The topological polar surface area (TPSA) is 17.1 Å². The van der Waals surface area contributed by atoms with Crippen LogP contribution in [0.25, 0.3) is 0 Å². The van der Waals surface area contributed by atoms with Crippen LogP contribution in [0.4, 0.5) is 0 Å². The van der Waals surface area contributed by atoms with Crippen molar-refractivity contribution in [2.75, 3.05) is 0 Å². The lowest BCUT2D eigenvalue weighted by molar-refractivity contribution is -0.129. The van der Waals surface area contributed by atoms with Crippen molar-refractivity contribution in [3.63, 3.8) is 0 Å².